The summed E-state index contributed by atoms with van der Waals surface area (Å²) in [4.78, 5) is 29.2. The fourth-order valence-corrected chi connectivity index (χ4v) is 6.04. The van der Waals surface area contributed by atoms with Crippen LogP contribution >= 0.6 is 35.6 Å². The smallest absolute Gasteiger partial charge is 0.283 e. The van der Waals surface area contributed by atoms with Gasteiger partial charge in [-0.15, -0.1) is 0 Å². The quantitative estimate of drug-likeness (QED) is 0.177. The third kappa shape index (κ3) is 4.52. The highest BCUT2D eigenvalue weighted by Crippen LogP contribution is 2.38. The molecule has 0 saturated carbocycles. The molecule has 0 unspecified atom stereocenters. The number of benzene rings is 3. The summed E-state index contributed by atoms with van der Waals surface area (Å²) in [7, 11) is 1.79. The van der Waals surface area contributed by atoms with Crippen molar-refractivity contribution in [3.05, 3.63) is 123 Å². The van der Waals surface area contributed by atoms with E-state index in [1.54, 1.807) is 41.5 Å². The molecule has 1 fully saturated rings. The summed E-state index contributed by atoms with van der Waals surface area (Å²) in [6, 6.07) is 26.4. The van der Waals surface area contributed by atoms with Gasteiger partial charge in [0.1, 0.15) is 5.69 Å². The Hall–Kier alpha value is -4.18. The summed E-state index contributed by atoms with van der Waals surface area (Å²) >= 11 is 12.9. The van der Waals surface area contributed by atoms with E-state index >= 15 is 0 Å². The first-order valence-electron chi connectivity index (χ1n) is 12.4. The molecule has 7 nitrogen and oxygen atoms in total. The van der Waals surface area contributed by atoms with Crippen molar-refractivity contribution < 1.29 is 4.79 Å². The second-order valence-electron chi connectivity index (χ2n) is 9.15. The third-order valence-corrected chi connectivity index (χ3v) is 8.26. The van der Waals surface area contributed by atoms with Gasteiger partial charge >= 0.3 is 0 Å². The largest absolute Gasteiger partial charge is 0.296 e. The van der Waals surface area contributed by atoms with Crippen molar-refractivity contribution in [2.24, 2.45) is 7.05 Å². The maximum absolute atomic E-state index is 13.8. The van der Waals surface area contributed by atoms with E-state index in [9.17, 15) is 9.59 Å². The monoisotopic (exact) mass is 583 g/mol. The molecule has 0 aliphatic carbocycles. The maximum Gasteiger partial charge on any atom is 0.296 e. The minimum atomic E-state index is -0.351. The van der Waals surface area contributed by atoms with Crippen LogP contribution < -0.4 is 10.5 Å². The van der Waals surface area contributed by atoms with Crippen LogP contribution in [0.5, 0.6) is 0 Å². The van der Waals surface area contributed by atoms with Gasteiger partial charge in [0.15, 0.2) is 4.32 Å². The molecule has 6 rings (SSSR count). The zero-order valence-electron chi connectivity index (χ0n) is 21.5. The molecule has 0 spiro atoms. The Labute approximate surface area is 244 Å². The molecular weight excluding hydrogens is 562 g/mol. The van der Waals surface area contributed by atoms with Gasteiger partial charge < -0.3 is 0 Å². The number of thiocarbonyl (C=S) groups is 1. The lowest BCUT2D eigenvalue weighted by Crippen LogP contribution is -2.33. The number of thioether (sulfide) groups is 1. The molecule has 1 aliphatic rings. The highest BCUT2D eigenvalue weighted by molar-refractivity contribution is 8.27. The Morgan fingerprint density at radius 1 is 0.900 bits per heavy atom. The number of para-hydroxylation sites is 2. The number of carbonyl (C=O) groups is 1. The molecule has 1 amide bonds. The lowest BCUT2D eigenvalue weighted by molar-refractivity contribution is -0.113. The van der Waals surface area contributed by atoms with Gasteiger partial charge in [0.2, 0.25) is 0 Å². The molecule has 2 aromatic heterocycles. The number of rotatable bonds is 5. The second-order valence-corrected chi connectivity index (χ2v) is 11.3. The normalized spacial score (nSPS) is 14.5. The van der Waals surface area contributed by atoms with Gasteiger partial charge in [-0.05, 0) is 49.4 Å². The fourth-order valence-electron chi connectivity index (χ4n) is 4.65. The zero-order chi connectivity index (χ0) is 28.0. The Balaban J connectivity index is 1.43. The van der Waals surface area contributed by atoms with E-state index in [0.29, 0.717) is 31.3 Å². The first kappa shape index (κ1) is 26.1. The average Bonchev–Trinajstić information content (AvgIpc) is 3.57. The van der Waals surface area contributed by atoms with Crippen LogP contribution in [0.3, 0.4) is 0 Å². The number of carbonyl (C=O) groups excluding carboxylic acids is 1. The first-order chi connectivity index (χ1) is 19.3. The number of amides is 1. The van der Waals surface area contributed by atoms with Crippen LogP contribution in [-0.2, 0) is 11.8 Å². The van der Waals surface area contributed by atoms with Gasteiger partial charge in [0.25, 0.3) is 11.5 Å². The Morgan fingerprint density at radius 3 is 2.17 bits per heavy atom. The average molecular weight is 584 g/mol. The van der Waals surface area contributed by atoms with Crippen LogP contribution in [-0.4, -0.2) is 29.4 Å². The van der Waals surface area contributed by atoms with Gasteiger partial charge in [-0.25, -0.2) is 9.36 Å². The molecule has 10 heteroatoms. The number of aromatic nitrogens is 4. The predicted octanol–water partition coefficient (Wildman–Crippen LogP) is 6.40. The number of hydrogen-bond acceptors (Lipinski definition) is 5. The summed E-state index contributed by atoms with van der Waals surface area (Å²) in [6.45, 7) is 1.81. The van der Waals surface area contributed by atoms with Gasteiger partial charge in [0.05, 0.1) is 27.7 Å². The summed E-state index contributed by atoms with van der Waals surface area (Å²) in [6.07, 6.45) is 3.66. The zero-order valence-corrected chi connectivity index (χ0v) is 23.9. The van der Waals surface area contributed by atoms with E-state index in [1.807, 2.05) is 79.0 Å². The van der Waals surface area contributed by atoms with E-state index < -0.39 is 0 Å². The first-order valence-corrected chi connectivity index (χ1v) is 14.0. The van der Waals surface area contributed by atoms with Crippen LogP contribution in [0.4, 0.5) is 5.69 Å². The number of halogens is 1. The Morgan fingerprint density at radius 2 is 1.52 bits per heavy atom. The van der Waals surface area contributed by atoms with Crippen LogP contribution in [0.2, 0.25) is 5.02 Å². The predicted molar refractivity (Wildman–Crippen MR) is 165 cm³/mol. The molecule has 0 radical (unpaired) electrons. The highest BCUT2D eigenvalue weighted by atomic mass is 35.5. The number of anilines is 1. The van der Waals surface area contributed by atoms with Gasteiger partial charge in [-0.2, -0.15) is 5.10 Å². The molecule has 1 aliphatic heterocycles. The molecule has 40 heavy (non-hydrogen) atoms. The van der Waals surface area contributed by atoms with E-state index in [0.717, 1.165) is 28.6 Å². The topological polar surface area (TPSA) is 65.1 Å². The van der Waals surface area contributed by atoms with Crippen molar-refractivity contribution in [2.75, 3.05) is 4.90 Å². The van der Waals surface area contributed by atoms with E-state index in [2.05, 4.69) is 0 Å². The van der Waals surface area contributed by atoms with Crippen molar-refractivity contribution in [3.63, 3.8) is 0 Å². The molecule has 198 valence electrons. The molecule has 0 N–H and O–H groups in total. The number of hydrogen-bond donors (Lipinski definition) is 0. The minimum Gasteiger partial charge on any atom is -0.283 e. The highest BCUT2D eigenvalue weighted by Gasteiger charge is 2.38. The lowest BCUT2D eigenvalue weighted by atomic mass is 10.1. The molecule has 0 atom stereocenters. The second kappa shape index (κ2) is 10.4. The molecule has 1 saturated heterocycles. The summed E-state index contributed by atoms with van der Waals surface area (Å²) < 4.78 is 5.34. The number of nitrogens with zero attached hydrogens (tertiary/aromatic N) is 5. The Bertz CT molecular complexity index is 1860. The van der Waals surface area contributed by atoms with E-state index in [4.69, 9.17) is 28.9 Å². The summed E-state index contributed by atoms with van der Waals surface area (Å²) in [5.41, 5.74) is 4.41. The van der Waals surface area contributed by atoms with Crippen LogP contribution in [0.1, 0.15) is 11.3 Å². The standard InChI is InChI=1S/C30H22ClN5O2S2/c1-19-27(29(38)36(33(19)2)24-11-7-4-8-12-24)35-28(37)25(40-30(35)39)17-21-18-34(23-9-5-3-6-10-23)32-26(21)20-13-15-22(31)16-14-20/h3-18H,1-2H3. The van der Waals surface area contributed by atoms with Crippen molar-refractivity contribution in [3.8, 4) is 22.6 Å². The van der Waals surface area contributed by atoms with E-state index in [1.165, 1.54) is 9.58 Å². The summed E-state index contributed by atoms with van der Waals surface area (Å²) in [5, 5.41) is 5.44. The van der Waals surface area contributed by atoms with E-state index in [-0.39, 0.29) is 17.2 Å². The maximum atomic E-state index is 13.8. The van der Waals surface area contributed by atoms with Gasteiger partial charge in [-0.1, -0.05) is 84.1 Å². The van der Waals surface area contributed by atoms with Gasteiger partial charge in [0, 0.05) is 29.4 Å². The molecule has 0 bridgehead atoms. The van der Waals surface area contributed by atoms with Gasteiger partial charge in [-0.3, -0.25) is 19.2 Å². The molecule has 3 heterocycles. The van der Waals surface area contributed by atoms with Crippen LogP contribution in [0.25, 0.3) is 28.7 Å². The SMILES string of the molecule is Cc1c(N2C(=O)C(=Cc3cn(-c4ccccc4)nc3-c3ccc(Cl)cc3)SC2=S)c(=O)n(-c2ccccc2)n1C. The van der Waals surface area contributed by atoms with Crippen molar-refractivity contribution in [1.29, 1.82) is 0 Å². The third-order valence-electron chi connectivity index (χ3n) is 6.71. The molecular formula is C30H22ClN5O2S2. The lowest BCUT2D eigenvalue weighted by Gasteiger charge is -2.12. The Kier molecular flexibility index (Phi) is 6.79. The fraction of sp³-hybridized carbons (Fsp3) is 0.0667. The minimum absolute atomic E-state index is 0.246. The van der Waals surface area contributed by atoms with Crippen LogP contribution in [0.15, 0.2) is 101 Å². The van der Waals surface area contributed by atoms with Crippen molar-refractivity contribution in [1.82, 2.24) is 19.1 Å². The molecule has 5 aromatic rings. The van der Waals surface area contributed by atoms with Crippen molar-refractivity contribution >= 4 is 57.6 Å². The van der Waals surface area contributed by atoms with Crippen LogP contribution in [0, 0.1) is 6.92 Å². The van der Waals surface area contributed by atoms with Crippen molar-refractivity contribution in [2.45, 2.75) is 6.92 Å². The summed E-state index contributed by atoms with van der Waals surface area (Å²) in [5.74, 6) is -0.351. The molecule has 3 aromatic carbocycles.